The lowest BCUT2D eigenvalue weighted by Crippen LogP contribution is -2.23. The van der Waals surface area contributed by atoms with E-state index in [4.69, 9.17) is 20.9 Å². The average Bonchev–Trinajstić information content (AvgIpc) is 3.37. The third-order valence-corrected chi connectivity index (χ3v) is 6.53. The van der Waals surface area contributed by atoms with Gasteiger partial charge < -0.3 is 26.3 Å². The summed E-state index contributed by atoms with van der Waals surface area (Å²) >= 11 is 0. The fourth-order valence-corrected chi connectivity index (χ4v) is 4.39. The van der Waals surface area contributed by atoms with E-state index >= 15 is 0 Å². The molecule has 0 unspecified atom stereocenters. The quantitative estimate of drug-likeness (QED) is 0.231. The summed E-state index contributed by atoms with van der Waals surface area (Å²) in [4.78, 5) is 25.0. The van der Waals surface area contributed by atoms with E-state index in [0.29, 0.717) is 47.2 Å². The van der Waals surface area contributed by atoms with Crippen molar-refractivity contribution in [1.82, 2.24) is 15.1 Å². The van der Waals surface area contributed by atoms with E-state index in [2.05, 4.69) is 10.4 Å². The van der Waals surface area contributed by atoms with Crippen LogP contribution >= 0.6 is 0 Å². The number of para-hydroxylation sites is 1. The third-order valence-electron chi connectivity index (χ3n) is 6.53. The normalized spacial score (nSPS) is 10.7. The molecule has 5 rings (SSSR count). The van der Waals surface area contributed by atoms with Gasteiger partial charge in [-0.2, -0.15) is 5.10 Å². The lowest BCUT2D eigenvalue weighted by molar-refractivity contribution is 0.0946. The van der Waals surface area contributed by atoms with Crippen molar-refractivity contribution in [3.63, 3.8) is 0 Å². The molecule has 5 aromatic rings. The van der Waals surface area contributed by atoms with Gasteiger partial charge in [-0.1, -0.05) is 66.7 Å². The molecule has 5 N–H and O–H groups in total. The van der Waals surface area contributed by atoms with Crippen molar-refractivity contribution in [1.29, 1.82) is 0 Å². The van der Waals surface area contributed by atoms with Crippen LogP contribution in [-0.4, -0.2) is 28.7 Å². The Bertz CT molecular complexity index is 1660. The molecule has 9 heteroatoms. The summed E-state index contributed by atoms with van der Waals surface area (Å²) in [6.07, 6.45) is 0. The van der Waals surface area contributed by atoms with Gasteiger partial charge in [0, 0.05) is 12.1 Å². The highest BCUT2D eigenvalue weighted by Crippen LogP contribution is 2.30. The van der Waals surface area contributed by atoms with Gasteiger partial charge in [-0.25, -0.2) is 4.68 Å². The highest BCUT2D eigenvalue weighted by molar-refractivity contribution is 6.03. The van der Waals surface area contributed by atoms with Crippen molar-refractivity contribution in [2.24, 2.45) is 5.73 Å². The second-order valence-electron chi connectivity index (χ2n) is 9.23. The van der Waals surface area contributed by atoms with Crippen molar-refractivity contribution in [3.8, 4) is 28.4 Å². The first-order valence-corrected chi connectivity index (χ1v) is 12.9. The Hall–Kier alpha value is -5.57. The molecule has 0 bridgehead atoms. The zero-order valence-electron chi connectivity index (χ0n) is 22.4. The minimum atomic E-state index is -0.681. The van der Waals surface area contributed by atoms with E-state index in [1.807, 2.05) is 78.9 Å². The summed E-state index contributed by atoms with van der Waals surface area (Å²) in [6.45, 7) is 0.745. The van der Waals surface area contributed by atoms with Crippen molar-refractivity contribution in [3.05, 3.63) is 125 Å². The van der Waals surface area contributed by atoms with Gasteiger partial charge >= 0.3 is 0 Å². The molecule has 4 aromatic carbocycles. The number of amides is 2. The SMILES string of the molecule is COc1ccccc1C(=O)NCc1ccc(-c2nn(-c3ccc(OCc4ccccc4)cc3)c(N)c2C(N)=O)cc1. The topological polar surface area (TPSA) is 134 Å². The number of nitrogens with zero attached hydrogens (tertiary/aromatic N) is 2. The first kappa shape index (κ1) is 27.0. The number of ether oxygens (including phenoxy) is 2. The lowest BCUT2D eigenvalue weighted by atomic mass is 10.0. The molecule has 1 aromatic heterocycles. The molecule has 2 amide bonds. The Labute approximate surface area is 237 Å². The number of hydrogen-bond acceptors (Lipinski definition) is 6. The molecule has 0 saturated heterocycles. The van der Waals surface area contributed by atoms with Crippen LogP contribution in [0.2, 0.25) is 0 Å². The maximum Gasteiger partial charge on any atom is 0.255 e. The summed E-state index contributed by atoms with van der Waals surface area (Å²) in [5, 5.41) is 7.52. The fraction of sp³-hybridized carbons (Fsp3) is 0.0938. The van der Waals surface area contributed by atoms with Gasteiger partial charge in [-0.05, 0) is 47.5 Å². The molecule has 9 nitrogen and oxygen atoms in total. The number of nitrogens with one attached hydrogen (secondary N) is 1. The number of methoxy groups -OCH3 is 1. The van der Waals surface area contributed by atoms with Gasteiger partial charge in [0.05, 0.1) is 18.4 Å². The van der Waals surface area contributed by atoms with Crippen molar-refractivity contribution >= 4 is 17.6 Å². The van der Waals surface area contributed by atoms with Crippen LogP contribution in [0.1, 0.15) is 31.8 Å². The number of nitrogen functional groups attached to an aromatic ring is 1. The Morgan fingerprint density at radius 3 is 2.22 bits per heavy atom. The van der Waals surface area contributed by atoms with Crippen LogP contribution in [0.4, 0.5) is 5.82 Å². The second kappa shape index (κ2) is 12.1. The first-order chi connectivity index (χ1) is 19.9. The maximum absolute atomic E-state index is 12.6. The van der Waals surface area contributed by atoms with Crippen LogP contribution < -0.4 is 26.3 Å². The van der Waals surface area contributed by atoms with Crippen LogP contribution in [0.25, 0.3) is 16.9 Å². The van der Waals surface area contributed by atoms with E-state index in [0.717, 1.165) is 11.1 Å². The Morgan fingerprint density at radius 1 is 0.854 bits per heavy atom. The zero-order chi connectivity index (χ0) is 28.8. The molecular weight excluding hydrogens is 518 g/mol. The number of primary amides is 1. The lowest BCUT2D eigenvalue weighted by Gasteiger charge is -2.09. The molecule has 0 aliphatic carbocycles. The molecular formula is C32H29N5O4. The molecule has 1 heterocycles. The van der Waals surface area contributed by atoms with Crippen LogP contribution in [-0.2, 0) is 13.2 Å². The first-order valence-electron chi connectivity index (χ1n) is 12.9. The van der Waals surface area contributed by atoms with Crippen LogP contribution in [0.5, 0.6) is 11.5 Å². The van der Waals surface area contributed by atoms with Gasteiger partial charge in [0.25, 0.3) is 11.8 Å². The highest BCUT2D eigenvalue weighted by Gasteiger charge is 2.22. The number of nitrogens with two attached hydrogens (primary N) is 2. The monoisotopic (exact) mass is 547 g/mol. The maximum atomic E-state index is 12.6. The van der Waals surface area contributed by atoms with Gasteiger partial charge in [-0.3, -0.25) is 9.59 Å². The number of aromatic nitrogens is 2. The Kier molecular flexibility index (Phi) is 7.96. The number of anilines is 1. The summed E-state index contributed by atoms with van der Waals surface area (Å²) in [6, 6.07) is 31.5. The molecule has 0 saturated carbocycles. The second-order valence-corrected chi connectivity index (χ2v) is 9.23. The molecule has 0 spiro atoms. The van der Waals surface area contributed by atoms with Crippen molar-refractivity contribution < 1.29 is 19.1 Å². The molecule has 0 atom stereocenters. The minimum absolute atomic E-state index is 0.131. The zero-order valence-corrected chi connectivity index (χ0v) is 22.4. The van der Waals surface area contributed by atoms with Gasteiger partial charge in [0.1, 0.15) is 35.2 Å². The third kappa shape index (κ3) is 6.04. The van der Waals surface area contributed by atoms with E-state index in [9.17, 15) is 9.59 Å². The van der Waals surface area contributed by atoms with Crippen molar-refractivity contribution in [2.45, 2.75) is 13.2 Å². The average molecular weight is 548 g/mol. The highest BCUT2D eigenvalue weighted by atomic mass is 16.5. The standard InChI is InChI=1S/C32H29N5O4/c1-40-27-10-6-5-9-26(27)32(39)35-19-21-11-13-23(14-12-21)29-28(31(34)38)30(33)37(36-29)24-15-17-25(18-16-24)41-20-22-7-3-2-4-8-22/h2-18H,19-20,33H2,1H3,(H2,34,38)(H,35,39). The van der Waals surface area contributed by atoms with Gasteiger partial charge in [0.2, 0.25) is 0 Å². The van der Waals surface area contributed by atoms with Crippen molar-refractivity contribution in [2.75, 3.05) is 12.8 Å². The van der Waals surface area contributed by atoms with E-state index in [1.54, 1.807) is 24.3 Å². The fourth-order valence-electron chi connectivity index (χ4n) is 4.39. The molecule has 41 heavy (non-hydrogen) atoms. The molecule has 0 aliphatic heterocycles. The number of carbonyl (C=O) groups excluding carboxylic acids is 2. The van der Waals surface area contributed by atoms with Crippen LogP contribution in [0.15, 0.2) is 103 Å². The summed E-state index contributed by atoms with van der Waals surface area (Å²) in [5.41, 5.74) is 16.2. The molecule has 0 aliphatic rings. The van der Waals surface area contributed by atoms with Crippen LogP contribution in [0.3, 0.4) is 0 Å². The molecule has 206 valence electrons. The molecule has 0 fully saturated rings. The largest absolute Gasteiger partial charge is 0.496 e. The van der Waals surface area contributed by atoms with Crippen LogP contribution in [0, 0.1) is 0 Å². The van der Waals surface area contributed by atoms with E-state index < -0.39 is 5.91 Å². The number of benzene rings is 4. The van der Waals surface area contributed by atoms with E-state index in [1.165, 1.54) is 11.8 Å². The smallest absolute Gasteiger partial charge is 0.255 e. The summed E-state index contributed by atoms with van der Waals surface area (Å²) < 4.78 is 12.6. The van der Waals surface area contributed by atoms with E-state index in [-0.39, 0.29) is 17.3 Å². The number of hydrogen-bond donors (Lipinski definition) is 3. The molecule has 0 radical (unpaired) electrons. The predicted octanol–water partition coefficient (Wildman–Crippen LogP) is 4.74. The number of rotatable bonds is 10. The van der Waals surface area contributed by atoms with Gasteiger partial charge in [0.15, 0.2) is 0 Å². The Balaban J connectivity index is 1.31. The Morgan fingerprint density at radius 2 is 1.54 bits per heavy atom. The minimum Gasteiger partial charge on any atom is -0.496 e. The predicted molar refractivity (Wildman–Crippen MR) is 157 cm³/mol. The summed E-state index contributed by atoms with van der Waals surface area (Å²) in [7, 11) is 1.52. The number of carbonyl (C=O) groups is 2. The summed E-state index contributed by atoms with van der Waals surface area (Å²) in [5.74, 6) is 0.401. The van der Waals surface area contributed by atoms with Gasteiger partial charge in [-0.15, -0.1) is 0 Å².